The fourth-order valence-electron chi connectivity index (χ4n) is 1.95. The molecular formula is C14H12F2N4O2S. The highest BCUT2D eigenvalue weighted by molar-refractivity contribution is 7.22. The monoisotopic (exact) mass is 338 g/mol. The molecule has 0 aliphatic heterocycles. The van der Waals surface area contributed by atoms with Crippen LogP contribution in [0.25, 0.3) is 10.2 Å². The van der Waals surface area contributed by atoms with Gasteiger partial charge in [0.05, 0.1) is 10.2 Å². The Labute approximate surface area is 133 Å². The van der Waals surface area contributed by atoms with E-state index in [0.717, 1.165) is 0 Å². The molecule has 1 amide bonds. The van der Waals surface area contributed by atoms with Crippen molar-refractivity contribution in [2.45, 2.75) is 20.1 Å². The van der Waals surface area contributed by atoms with Crippen LogP contribution >= 0.6 is 11.3 Å². The minimum absolute atomic E-state index is 0.0516. The number of halogens is 2. The first-order valence-corrected chi connectivity index (χ1v) is 7.57. The lowest BCUT2D eigenvalue weighted by molar-refractivity contribution is -0.0497. The average Bonchev–Trinajstić information content (AvgIpc) is 3.11. The van der Waals surface area contributed by atoms with E-state index in [2.05, 4.69) is 20.1 Å². The van der Waals surface area contributed by atoms with Crippen LogP contribution in [0.4, 0.5) is 13.9 Å². The van der Waals surface area contributed by atoms with Crippen LogP contribution in [0.1, 0.15) is 17.4 Å². The number of amides is 1. The molecule has 2 heterocycles. The first kappa shape index (κ1) is 15.3. The third kappa shape index (κ3) is 3.45. The minimum Gasteiger partial charge on any atom is -0.435 e. The van der Waals surface area contributed by atoms with Gasteiger partial charge in [0.25, 0.3) is 5.91 Å². The van der Waals surface area contributed by atoms with E-state index in [0.29, 0.717) is 21.9 Å². The molecule has 23 heavy (non-hydrogen) atoms. The molecule has 6 nitrogen and oxygen atoms in total. The van der Waals surface area contributed by atoms with Gasteiger partial charge >= 0.3 is 6.61 Å². The standard InChI is InChI=1S/C14H12F2N4O2S/c1-2-20-6-5-10(19-20)12(21)18-14-17-9-4-3-8(22-13(15)16)7-11(9)23-14/h3-7,13H,2H2,1H3,(H,17,18,21). The molecule has 0 radical (unpaired) electrons. The van der Waals surface area contributed by atoms with Crippen molar-refractivity contribution in [1.82, 2.24) is 14.8 Å². The van der Waals surface area contributed by atoms with Crippen LogP contribution in [0.3, 0.4) is 0 Å². The summed E-state index contributed by atoms with van der Waals surface area (Å²) in [4.78, 5) is 16.3. The van der Waals surface area contributed by atoms with Gasteiger partial charge in [0.1, 0.15) is 5.75 Å². The first-order chi connectivity index (χ1) is 11.0. The molecule has 0 spiro atoms. The summed E-state index contributed by atoms with van der Waals surface area (Å²) < 4.78 is 31.1. The largest absolute Gasteiger partial charge is 0.435 e. The van der Waals surface area contributed by atoms with Gasteiger partial charge in [-0.05, 0) is 31.2 Å². The van der Waals surface area contributed by atoms with Gasteiger partial charge in [-0.25, -0.2) is 4.98 Å². The molecule has 120 valence electrons. The molecule has 3 rings (SSSR count). The lowest BCUT2D eigenvalue weighted by Crippen LogP contribution is -2.13. The Kier molecular flexibility index (Phi) is 4.20. The third-order valence-electron chi connectivity index (χ3n) is 3.00. The molecule has 0 atom stereocenters. The molecule has 0 bridgehead atoms. The van der Waals surface area contributed by atoms with Gasteiger partial charge in [0, 0.05) is 12.7 Å². The van der Waals surface area contributed by atoms with Crippen LogP contribution in [-0.2, 0) is 6.54 Å². The minimum atomic E-state index is -2.88. The highest BCUT2D eigenvalue weighted by atomic mass is 32.1. The predicted molar refractivity (Wildman–Crippen MR) is 82.1 cm³/mol. The maximum absolute atomic E-state index is 12.2. The Hall–Kier alpha value is -2.55. The van der Waals surface area contributed by atoms with E-state index in [1.165, 1.54) is 23.5 Å². The quantitative estimate of drug-likeness (QED) is 0.774. The predicted octanol–water partition coefficient (Wildman–Crippen LogP) is 3.37. The van der Waals surface area contributed by atoms with E-state index in [1.807, 2.05) is 6.92 Å². The smallest absolute Gasteiger partial charge is 0.387 e. The van der Waals surface area contributed by atoms with E-state index >= 15 is 0 Å². The maximum atomic E-state index is 12.2. The molecule has 1 aromatic carbocycles. The SMILES string of the molecule is CCn1ccc(C(=O)Nc2nc3ccc(OC(F)F)cc3s2)n1. The molecular weight excluding hydrogens is 326 g/mol. The molecule has 0 fully saturated rings. The highest BCUT2D eigenvalue weighted by Gasteiger charge is 2.13. The molecule has 3 aromatic rings. The topological polar surface area (TPSA) is 69.0 Å². The summed E-state index contributed by atoms with van der Waals surface area (Å²) in [7, 11) is 0. The zero-order chi connectivity index (χ0) is 16.4. The van der Waals surface area contributed by atoms with Crippen LogP contribution in [0.2, 0.25) is 0 Å². The summed E-state index contributed by atoms with van der Waals surface area (Å²) in [6.45, 7) is -0.295. The van der Waals surface area contributed by atoms with E-state index in [1.54, 1.807) is 23.0 Å². The van der Waals surface area contributed by atoms with E-state index < -0.39 is 6.61 Å². The second-order valence-electron chi connectivity index (χ2n) is 4.54. The van der Waals surface area contributed by atoms with E-state index in [9.17, 15) is 13.6 Å². The first-order valence-electron chi connectivity index (χ1n) is 6.75. The number of hydrogen-bond donors (Lipinski definition) is 1. The number of alkyl halides is 2. The summed E-state index contributed by atoms with van der Waals surface area (Å²) in [6, 6.07) is 6.04. The van der Waals surface area contributed by atoms with Crippen molar-refractivity contribution >= 4 is 32.6 Å². The highest BCUT2D eigenvalue weighted by Crippen LogP contribution is 2.30. The number of aryl methyl sites for hydroxylation is 1. The summed E-state index contributed by atoms with van der Waals surface area (Å²) in [5.41, 5.74) is 0.874. The third-order valence-corrected chi connectivity index (χ3v) is 3.94. The van der Waals surface area contributed by atoms with Gasteiger partial charge < -0.3 is 4.74 Å². The van der Waals surface area contributed by atoms with Gasteiger partial charge in [-0.3, -0.25) is 14.8 Å². The molecule has 0 saturated carbocycles. The number of anilines is 1. The number of hydrogen-bond acceptors (Lipinski definition) is 5. The zero-order valence-electron chi connectivity index (χ0n) is 12.0. The average molecular weight is 338 g/mol. The van der Waals surface area contributed by atoms with Crippen molar-refractivity contribution in [2.24, 2.45) is 0 Å². The van der Waals surface area contributed by atoms with Crippen LogP contribution in [-0.4, -0.2) is 27.3 Å². The summed E-state index contributed by atoms with van der Waals surface area (Å²) in [6.07, 6.45) is 1.71. The number of carbonyl (C=O) groups excluding carboxylic acids is 1. The van der Waals surface area contributed by atoms with Crippen molar-refractivity contribution in [1.29, 1.82) is 0 Å². The number of carbonyl (C=O) groups is 1. The molecule has 2 aromatic heterocycles. The van der Waals surface area contributed by atoms with Gasteiger partial charge in [0.2, 0.25) is 0 Å². The molecule has 0 unspecified atom stereocenters. The number of rotatable bonds is 5. The summed E-state index contributed by atoms with van der Waals surface area (Å²) in [5, 5.41) is 7.12. The van der Waals surface area contributed by atoms with E-state index in [4.69, 9.17) is 0 Å². The number of nitrogens with one attached hydrogen (secondary N) is 1. The number of thiazole rings is 1. The second kappa shape index (κ2) is 6.29. The van der Waals surface area contributed by atoms with Gasteiger partial charge in [-0.1, -0.05) is 11.3 Å². The Balaban J connectivity index is 1.78. The molecule has 0 aliphatic rings. The van der Waals surface area contributed by atoms with Crippen LogP contribution in [0.15, 0.2) is 30.5 Å². The fourth-order valence-corrected chi connectivity index (χ4v) is 2.84. The number of benzene rings is 1. The van der Waals surface area contributed by atoms with Gasteiger partial charge in [-0.15, -0.1) is 0 Å². The number of fused-ring (bicyclic) bond motifs is 1. The zero-order valence-corrected chi connectivity index (χ0v) is 12.8. The number of aromatic nitrogens is 3. The van der Waals surface area contributed by atoms with Crippen LogP contribution < -0.4 is 10.1 Å². The van der Waals surface area contributed by atoms with Crippen molar-refractivity contribution < 1.29 is 18.3 Å². The van der Waals surface area contributed by atoms with Crippen molar-refractivity contribution in [3.63, 3.8) is 0 Å². The molecule has 9 heteroatoms. The fraction of sp³-hybridized carbons (Fsp3) is 0.214. The second-order valence-corrected chi connectivity index (χ2v) is 5.57. The number of ether oxygens (including phenoxy) is 1. The molecule has 0 saturated heterocycles. The van der Waals surface area contributed by atoms with Crippen molar-refractivity contribution in [2.75, 3.05) is 5.32 Å². The Morgan fingerprint density at radius 1 is 1.43 bits per heavy atom. The molecule has 0 aliphatic carbocycles. The maximum Gasteiger partial charge on any atom is 0.387 e. The van der Waals surface area contributed by atoms with Crippen LogP contribution in [0.5, 0.6) is 5.75 Å². The lowest BCUT2D eigenvalue weighted by Gasteiger charge is -2.02. The Bertz CT molecular complexity index is 846. The Morgan fingerprint density at radius 2 is 2.26 bits per heavy atom. The van der Waals surface area contributed by atoms with Gasteiger partial charge in [0.15, 0.2) is 10.8 Å². The van der Waals surface area contributed by atoms with Gasteiger partial charge in [-0.2, -0.15) is 13.9 Å². The normalized spacial score (nSPS) is 11.1. The van der Waals surface area contributed by atoms with Crippen LogP contribution in [0, 0.1) is 0 Å². The number of nitrogens with zero attached hydrogens (tertiary/aromatic N) is 3. The molecule has 1 N–H and O–H groups in total. The van der Waals surface area contributed by atoms with Crippen molar-refractivity contribution in [3.05, 3.63) is 36.2 Å². The lowest BCUT2D eigenvalue weighted by atomic mass is 10.3. The van der Waals surface area contributed by atoms with Crippen molar-refractivity contribution in [3.8, 4) is 5.75 Å². The van der Waals surface area contributed by atoms with E-state index in [-0.39, 0.29) is 17.4 Å². The Morgan fingerprint density at radius 3 is 2.96 bits per heavy atom. The summed E-state index contributed by atoms with van der Waals surface area (Å²) >= 11 is 1.17. The summed E-state index contributed by atoms with van der Waals surface area (Å²) in [5.74, 6) is -0.323.